The van der Waals surface area contributed by atoms with Crippen LogP contribution in [0.3, 0.4) is 0 Å². The van der Waals surface area contributed by atoms with E-state index < -0.39 is 5.97 Å². The number of aromatic nitrogens is 2. The molecule has 0 radical (unpaired) electrons. The first kappa shape index (κ1) is 12.4. The molecule has 0 saturated carbocycles. The maximum Gasteiger partial charge on any atom is 0.356 e. The van der Waals surface area contributed by atoms with Crippen LogP contribution in [-0.2, 0) is 4.74 Å². The summed E-state index contributed by atoms with van der Waals surface area (Å²) in [6, 6.07) is 3.09. The van der Waals surface area contributed by atoms with Gasteiger partial charge in [-0.1, -0.05) is 0 Å². The lowest BCUT2D eigenvalue weighted by atomic mass is 10.3. The summed E-state index contributed by atoms with van der Waals surface area (Å²) in [6.07, 6.45) is 0. The third-order valence-electron chi connectivity index (χ3n) is 1.85. The standard InChI is InChI=1S/C10H15N3O3/c1-3-16-6-7(2)11-9-5-4-8(10(14)15)12-13-9/h4-5,7H,3,6H2,1-2H3,(H,11,13)(H,14,15). The number of aromatic carboxylic acids is 1. The zero-order valence-electron chi connectivity index (χ0n) is 9.30. The van der Waals surface area contributed by atoms with Crippen molar-refractivity contribution >= 4 is 11.8 Å². The molecular formula is C10H15N3O3. The molecule has 1 atom stereocenters. The lowest BCUT2D eigenvalue weighted by Gasteiger charge is -2.13. The molecular weight excluding hydrogens is 210 g/mol. The second kappa shape index (κ2) is 6.02. The Kier molecular flexibility index (Phi) is 4.65. The van der Waals surface area contributed by atoms with E-state index in [1.807, 2.05) is 13.8 Å². The number of hydrogen-bond acceptors (Lipinski definition) is 5. The van der Waals surface area contributed by atoms with E-state index in [-0.39, 0.29) is 11.7 Å². The van der Waals surface area contributed by atoms with Crippen molar-refractivity contribution in [3.8, 4) is 0 Å². The Balaban J connectivity index is 2.51. The number of carbonyl (C=O) groups is 1. The maximum atomic E-state index is 10.5. The Hall–Kier alpha value is -1.69. The van der Waals surface area contributed by atoms with Gasteiger partial charge in [-0.3, -0.25) is 0 Å². The van der Waals surface area contributed by atoms with E-state index in [9.17, 15) is 4.79 Å². The Morgan fingerprint density at radius 2 is 2.31 bits per heavy atom. The van der Waals surface area contributed by atoms with Crippen LogP contribution in [0.2, 0.25) is 0 Å². The second-order valence-electron chi connectivity index (χ2n) is 3.31. The lowest BCUT2D eigenvalue weighted by molar-refractivity contribution is 0.0689. The molecule has 1 heterocycles. The number of nitrogens with zero attached hydrogens (tertiary/aromatic N) is 2. The van der Waals surface area contributed by atoms with Gasteiger partial charge in [0.05, 0.1) is 6.61 Å². The van der Waals surface area contributed by atoms with Crippen LogP contribution in [0.5, 0.6) is 0 Å². The summed E-state index contributed by atoms with van der Waals surface area (Å²) < 4.78 is 5.22. The Morgan fingerprint density at radius 3 is 2.81 bits per heavy atom. The molecule has 0 aliphatic carbocycles. The van der Waals surface area contributed by atoms with Crippen LogP contribution in [0.15, 0.2) is 12.1 Å². The average molecular weight is 225 g/mol. The number of ether oxygens (including phenoxy) is 1. The van der Waals surface area contributed by atoms with Crippen LogP contribution in [0.25, 0.3) is 0 Å². The Labute approximate surface area is 93.6 Å². The zero-order chi connectivity index (χ0) is 12.0. The van der Waals surface area contributed by atoms with Crippen molar-refractivity contribution in [3.63, 3.8) is 0 Å². The van der Waals surface area contributed by atoms with Crippen molar-refractivity contribution < 1.29 is 14.6 Å². The molecule has 2 N–H and O–H groups in total. The predicted molar refractivity (Wildman–Crippen MR) is 58.6 cm³/mol. The van der Waals surface area contributed by atoms with Crippen molar-refractivity contribution in [1.82, 2.24) is 10.2 Å². The topological polar surface area (TPSA) is 84.3 Å². The van der Waals surface area contributed by atoms with Crippen LogP contribution in [0.4, 0.5) is 5.82 Å². The zero-order valence-corrected chi connectivity index (χ0v) is 9.30. The molecule has 1 unspecified atom stereocenters. The van der Waals surface area contributed by atoms with E-state index in [1.54, 1.807) is 6.07 Å². The van der Waals surface area contributed by atoms with E-state index in [2.05, 4.69) is 15.5 Å². The van der Waals surface area contributed by atoms with Crippen molar-refractivity contribution in [3.05, 3.63) is 17.8 Å². The van der Waals surface area contributed by atoms with Gasteiger partial charge < -0.3 is 15.2 Å². The minimum Gasteiger partial charge on any atom is -0.476 e. The van der Waals surface area contributed by atoms with Gasteiger partial charge in [0.25, 0.3) is 0 Å². The fraction of sp³-hybridized carbons (Fsp3) is 0.500. The van der Waals surface area contributed by atoms with Crippen LogP contribution >= 0.6 is 0 Å². The third kappa shape index (κ3) is 3.82. The van der Waals surface area contributed by atoms with E-state index >= 15 is 0 Å². The van der Waals surface area contributed by atoms with Crippen molar-refractivity contribution in [2.24, 2.45) is 0 Å². The molecule has 1 rings (SSSR count). The summed E-state index contributed by atoms with van der Waals surface area (Å²) in [6.45, 7) is 5.10. The number of anilines is 1. The molecule has 16 heavy (non-hydrogen) atoms. The number of nitrogens with one attached hydrogen (secondary N) is 1. The molecule has 0 fully saturated rings. The van der Waals surface area contributed by atoms with Gasteiger partial charge in [-0.2, -0.15) is 0 Å². The van der Waals surface area contributed by atoms with Crippen LogP contribution < -0.4 is 5.32 Å². The van der Waals surface area contributed by atoms with Crippen molar-refractivity contribution in [2.75, 3.05) is 18.5 Å². The van der Waals surface area contributed by atoms with Crippen molar-refractivity contribution in [2.45, 2.75) is 19.9 Å². The highest BCUT2D eigenvalue weighted by atomic mass is 16.5. The fourth-order valence-electron chi connectivity index (χ4n) is 1.11. The van der Waals surface area contributed by atoms with Crippen molar-refractivity contribution in [1.29, 1.82) is 0 Å². The van der Waals surface area contributed by atoms with E-state index in [1.165, 1.54) is 6.07 Å². The Morgan fingerprint density at radius 1 is 1.56 bits per heavy atom. The second-order valence-corrected chi connectivity index (χ2v) is 3.31. The van der Waals surface area contributed by atoms with E-state index in [0.29, 0.717) is 19.0 Å². The van der Waals surface area contributed by atoms with Gasteiger partial charge >= 0.3 is 5.97 Å². The molecule has 1 aromatic heterocycles. The minimum absolute atomic E-state index is 0.0667. The van der Waals surface area contributed by atoms with Gasteiger partial charge in [-0.25, -0.2) is 4.79 Å². The summed E-state index contributed by atoms with van der Waals surface area (Å²) in [5, 5.41) is 19.0. The first-order valence-corrected chi connectivity index (χ1v) is 5.04. The van der Waals surface area contributed by atoms with Gasteiger partial charge in [0.1, 0.15) is 5.82 Å². The minimum atomic E-state index is -1.08. The monoisotopic (exact) mass is 225 g/mol. The molecule has 1 aromatic rings. The summed E-state index contributed by atoms with van der Waals surface area (Å²) in [5.41, 5.74) is -0.0667. The van der Waals surface area contributed by atoms with Gasteiger partial charge in [0.2, 0.25) is 0 Å². The normalized spacial score (nSPS) is 12.1. The largest absolute Gasteiger partial charge is 0.476 e. The lowest BCUT2D eigenvalue weighted by Crippen LogP contribution is -2.22. The molecule has 0 spiro atoms. The molecule has 6 nitrogen and oxygen atoms in total. The smallest absolute Gasteiger partial charge is 0.356 e. The first-order chi connectivity index (χ1) is 7.63. The first-order valence-electron chi connectivity index (χ1n) is 5.04. The van der Waals surface area contributed by atoms with Crippen LogP contribution in [0.1, 0.15) is 24.3 Å². The number of carboxylic acids is 1. The van der Waals surface area contributed by atoms with Crippen LogP contribution in [-0.4, -0.2) is 40.5 Å². The predicted octanol–water partition coefficient (Wildman–Crippen LogP) is 1.01. The summed E-state index contributed by atoms with van der Waals surface area (Å²) in [5.74, 6) is -0.543. The number of hydrogen-bond donors (Lipinski definition) is 2. The van der Waals surface area contributed by atoms with Gasteiger partial charge in [-0.05, 0) is 26.0 Å². The Bertz CT molecular complexity index is 340. The fourth-order valence-corrected chi connectivity index (χ4v) is 1.11. The summed E-state index contributed by atoms with van der Waals surface area (Å²) in [7, 11) is 0. The van der Waals surface area contributed by atoms with Gasteiger partial charge in [0.15, 0.2) is 5.69 Å². The molecule has 0 aromatic carbocycles. The third-order valence-corrected chi connectivity index (χ3v) is 1.85. The van der Waals surface area contributed by atoms with E-state index in [0.717, 1.165) is 0 Å². The average Bonchev–Trinajstić information content (AvgIpc) is 2.27. The SMILES string of the molecule is CCOCC(C)Nc1ccc(C(=O)O)nn1. The molecule has 0 aliphatic rings. The molecule has 0 amide bonds. The highest BCUT2D eigenvalue weighted by Crippen LogP contribution is 2.04. The molecule has 6 heteroatoms. The number of carboxylic acid groups (broad SMARTS) is 1. The molecule has 0 aliphatic heterocycles. The quantitative estimate of drug-likeness (QED) is 0.751. The van der Waals surface area contributed by atoms with E-state index in [4.69, 9.17) is 9.84 Å². The molecule has 88 valence electrons. The highest BCUT2D eigenvalue weighted by Gasteiger charge is 2.06. The summed E-state index contributed by atoms with van der Waals surface area (Å²) >= 11 is 0. The van der Waals surface area contributed by atoms with Crippen LogP contribution in [0, 0.1) is 0 Å². The highest BCUT2D eigenvalue weighted by molar-refractivity contribution is 5.85. The van der Waals surface area contributed by atoms with Gasteiger partial charge in [0, 0.05) is 12.6 Å². The molecule has 0 saturated heterocycles. The summed E-state index contributed by atoms with van der Waals surface area (Å²) in [4.78, 5) is 10.5. The number of rotatable bonds is 6. The van der Waals surface area contributed by atoms with Gasteiger partial charge in [-0.15, -0.1) is 10.2 Å². The molecule has 0 bridgehead atoms. The maximum absolute atomic E-state index is 10.5.